The van der Waals surface area contributed by atoms with E-state index in [1.54, 1.807) is 0 Å². The Labute approximate surface area is 164 Å². The third kappa shape index (κ3) is 4.01. The van der Waals surface area contributed by atoms with Crippen LogP contribution >= 0.6 is 24.0 Å². The first kappa shape index (κ1) is 18.3. The highest BCUT2D eigenvalue weighted by Crippen LogP contribution is 2.35. The minimum atomic E-state index is -0.0399. The Morgan fingerprint density at radius 1 is 0.885 bits per heavy atom. The summed E-state index contributed by atoms with van der Waals surface area (Å²) in [6.07, 6.45) is 0.670. The van der Waals surface area contributed by atoms with Crippen LogP contribution in [0.25, 0.3) is 0 Å². The van der Waals surface area contributed by atoms with Gasteiger partial charge in [-0.1, -0.05) is 54.1 Å². The van der Waals surface area contributed by atoms with E-state index in [0.717, 1.165) is 28.3 Å². The first-order chi connectivity index (χ1) is 12.3. The molecule has 3 aromatic carbocycles. The van der Waals surface area contributed by atoms with E-state index in [9.17, 15) is 0 Å². The average Bonchev–Trinajstić information content (AvgIpc) is 2.68. The number of fused-ring (bicyclic) bond motifs is 1. The van der Waals surface area contributed by atoms with Gasteiger partial charge >= 0.3 is 0 Å². The molecule has 0 saturated carbocycles. The molecule has 0 radical (unpaired) electrons. The largest absolute Gasteiger partial charge is 0.485 e. The van der Waals surface area contributed by atoms with Gasteiger partial charge in [0.1, 0.15) is 11.9 Å². The summed E-state index contributed by atoms with van der Waals surface area (Å²) in [5.41, 5.74) is 7.18. The maximum atomic E-state index is 6.19. The van der Waals surface area contributed by atoms with E-state index in [1.807, 2.05) is 66.7 Å². The van der Waals surface area contributed by atoms with E-state index in [1.165, 1.54) is 0 Å². The van der Waals surface area contributed by atoms with Crippen molar-refractivity contribution in [2.75, 3.05) is 5.43 Å². The highest BCUT2D eigenvalue weighted by molar-refractivity contribution is 6.30. The van der Waals surface area contributed by atoms with Crippen molar-refractivity contribution in [2.45, 2.75) is 12.5 Å². The van der Waals surface area contributed by atoms with Gasteiger partial charge in [0.25, 0.3) is 0 Å². The second-order valence-electron chi connectivity index (χ2n) is 5.89. The zero-order chi connectivity index (χ0) is 17.1. The molecule has 1 aliphatic heterocycles. The van der Waals surface area contributed by atoms with Crippen LogP contribution in [-0.4, -0.2) is 5.71 Å². The van der Waals surface area contributed by atoms with Crippen LogP contribution in [0.2, 0.25) is 5.02 Å². The number of hydrogen-bond acceptors (Lipinski definition) is 3. The Morgan fingerprint density at radius 2 is 1.58 bits per heavy atom. The number of para-hydroxylation sites is 1. The molecule has 0 fully saturated rings. The predicted molar refractivity (Wildman–Crippen MR) is 110 cm³/mol. The monoisotopic (exact) mass is 384 g/mol. The van der Waals surface area contributed by atoms with Gasteiger partial charge in [0.15, 0.2) is 0 Å². The predicted octanol–water partition coefficient (Wildman–Crippen LogP) is 6.10. The van der Waals surface area contributed by atoms with Crippen LogP contribution in [0.15, 0.2) is 84.0 Å². The molecule has 0 saturated heterocycles. The van der Waals surface area contributed by atoms with Gasteiger partial charge in [0.05, 0.1) is 11.4 Å². The standard InChI is InChI=1S/C21H17ClN2O.ClH/c22-16-10-12-17(13-11-16)23-24-19-14-21(15-6-2-1-3-7-15)25-20-9-5-4-8-18(19)20;/h1-13,21,23H,14H2;1H/b24-19-;. The van der Waals surface area contributed by atoms with E-state index in [0.29, 0.717) is 11.4 Å². The Balaban J connectivity index is 0.00000196. The summed E-state index contributed by atoms with van der Waals surface area (Å²) in [7, 11) is 0. The molecule has 3 aromatic rings. The second kappa shape index (κ2) is 8.26. The molecule has 1 aliphatic rings. The molecule has 26 heavy (non-hydrogen) atoms. The van der Waals surface area contributed by atoms with Crippen molar-refractivity contribution in [1.82, 2.24) is 0 Å². The van der Waals surface area contributed by atoms with E-state index >= 15 is 0 Å². The number of benzene rings is 3. The number of halogens is 2. The van der Waals surface area contributed by atoms with Gasteiger partial charge in [-0.3, -0.25) is 5.43 Å². The Hall–Kier alpha value is -2.49. The van der Waals surface area contributed by atoms with E-state index in [4.69, 9.17) is 16.3 Å². The number of nitrogens with one attached hydrogen (secondary N) is 1. The molecule has 132 valence electrons. The lowest BCUT2D eigenvalue weighted by molar-refractivity contribution is 0.206. The SMILES string of the molecule is Cl.Clc1ccc(N/N=C2/CC(c3ccccc3)Oc3ccccc32)cc1. The van der Waals surface area contributed by atoms with Gasteiger partial charge in [-0.15, -0.1) is 12.4 Å². The topological polar surface area (TPSA) is 33.6 Å². The van der Waals surface area contributed by atoms with Crippen molar-refractivity contribution < 1.29 is 4.74 Å². The number of anilines is 1. The smallest absolute Gasteiger partial charge is 0.129 e. The van der Waals surface area contributed by atoms with Crippen molar-refractivity contribution in [3.05, 3.63) is 95.0 Å². The first-order valence-electron chi connectivity index (χ1n) is 8.19. The third-order valence-electron chi connectivity index (χ3n) is 4.18. The fourth-order valence-corrected chi connectivity index (χ4v) is 3.03. The highest BCUT2D eigenvalue weighted by atomic mass is 35.5. The van der Waals surface area contributed by atoms with Crippen molar-refractivity contribution in [1.29, 1.82) is 0 Å². The Kier molecular flexibility index (Phi) is 5.82. The molecular weight excluding hydrogens is 367 g/mol. The van der Waals surface area contributed by atoms with Crippen LogP contribution in [0.1, 0.15) is 23.7 Å². The lowest BCUT2D eigenvalue weighted by Gasteiger charge is -2.27. The molecule has 0 spiro atoms. The molecule has 0 bridgehead atoms. The molecule has 0 amide bonds. The molecule has 0 aromatic heterocycles. The summed E-state index contributed by atoms with van der Waals surface area (Å²) in [6, 6.07) is 25.8. The molecule has 3 nitrogen and oxygen atoms in total. The maximum Gasteiger partial charge on any atom is 0.129 e. The Morgan fingerprint density at radius 3 is 2.35 bits per heavy atom. The molecular formula is C21H18Cl2N2O. The number of hydrazone groups is 1. The molecule has 0 aliphatic carbocycles. The summed E-state index contributed by atoms with van der Waals surface area (Å²) in [6.45, 7) is 0. The molecule has 4 rings (SSSR count). The highest BCUT2D eigenvalue weighted by Gasteiger charge is 2.25. The summed E-state index contributed by atoms with van der Waals surface area (Å²) >= 11 is 5.93. The number of nitrogens with zero attached hydrogens (tertiary/aromatic N) is 1. The van der Waals surface area contributed by atoms with Crippen molar-refractivity contribution >= 4 is 35.4 Å². The lowest BCUT2D eigenvalue weighted by atomic mass is 9.96. The molecule has 1 unspecified atom stereocenters. The number of hydrogen-bond donors (Lipinski definition) is 1. The zero-order valence-electron chi connectivity index (χ0n) is 13.9. The first-order valence-corrected chi connectivity index (χ1v) is 8.56. The van der Waals surface area contributed by atoms with Crippen LogP contribution in [0.3, 0.4) is 0 Å². The zero-order valence-corrected chi connectivity index (χ0v) is 15.5. The number of ether oxygens (including phenoxy) is 1. The summed E-state index contributed by atoms with van der Waals surface area (Å²) < 4.78 is 6.19. The second-order valence-corrected chi connectivity index (χ2v) is 6.33. The Bertz CT molecular complexity index is 895. The van der Waals surface area contributed by atoms with Gasteiger partial charge in [0, 0.05) is 17.0 Å². The van der Waals surface area contributed by atoms with E-state index < -0.39 is 0 Å². The quantitative estimate of drug-likeness (QED) is 0.553. The van der Waals surface area contributed by atoms with Crippen LogP contribution in [0.5, 0.6) is 5.75 Å². The fraction of sp³-hybridized carbons (Fsp3) is 0.0952. The fourth-order valence-electron chi connectivity index (χ4n) is 2.90. The summed E-state index contributed by atoms with van der Waals surface area (Å²) in [5.74, 6) is 0.860. The van der Waals surface area contributed by atoms with Crippen LogP contribution in [-0.2, 0) is 0 Å². The summed E-state index contributed by atoms with van der Waals surface area (Å²) in [5, 5.41) is 5.35. The van der Waals surface area contributed by atoms with Crippen molar-refractivity contribution in [2.24, 2.45) is 5.10 Å². The minimum absolute atomic E-state index is 0. The molecule has 1 N–H and O–H groups in total. The van der Waals surface area contributed by atoms with Gasteiger partial charge < -0.3 is 4.74 Å². The van der Waals surface area contributed by atoms with Crippen molar-refractivity contribution in [3.63, 3.8) is 0 Å². The third-order valence-corrected chi connectivity index (χ3v) is 4.43. The average molecular weight is 385 g/mol. The molecule has 1 heterocycles. The van der Waals surface area contributed by atoms with Gasteiger partial charge in [-0.2, -0.15) is 5.10 Å². The van der Waals surface area contributed by atoms with E-state index in [2.05, 4.69) is 22.7 Å². The lowest BCUT2D eigenvalue weighted by Crippen LogP contribution is -2.21. The summed E-state index contributed by atoms with van der Waals surface area (Å²) in [4.78, 5) is 0. The van der Waals surface area contributed by atoms with Gasteiger partial charge in [-0.05, 0) is 42.0 Å². The minimum Gasteiger partial charge on any atom is -0.485 e. The number of rotatable bonds is 3. The van der Waals surface area contributed by atoms with Crippen LogP contribution < -0.4 is 10.2 Å². The normalized spacial score (nSPS) is 17.0. The molecule has 1 atom stereocenters. The van der Waals surface area contributed by atoms with Crippen LogP contribution in [0.4, 0.5) is 5.69 Å². The molecule has 5 heteroatoms. The van der Waals surface area contributed by atoms with Gasteiger partial charge in [-0.25, -0.2) is 0 Å². The van der Waals surface area contributed by atoms with Crippen molar-refractivity contribution in [3.8, 4) is 5.75 Å². The van der Waals surface area contributed by atoms with E-state index in [-0.39, 0.29) is 18.5 Å². The van der Waals surface area contributed by atoms with Crippen LogP contribution in [0, 0.1) is 0 Å². The maximum absolute atomic E-state index is 6.19. The van der Waals surface area contributed by atoms with Gasteiger partial charge in [0.2, 0.25) is 0 Å².